The fourth-order valence-corrected chi connectivity index (χ4v) is 4.45. The Morgan fingerprint density at radius 2 is 1.65 bits per heavy atom. The lowest BCUT2D eigenvalue weighted by atomic mass is 9.81. The highest BCUT2D eigenvalue weighted by Crippen LogP contribution is 2.47. The van der Waals surface area contributed by atoms with Gasteiger partial charge in [-0.05, 0) is 29.3 Å². The number of Topliss-reactive ketones (excluding diaryl/α,β-unsaturated/α-hetero) is 1. The topological polar surface area (TPSA) is 37.4 Å². The fourth-order valence-electron chi connectivity index (χ4n) is 4.33. The molecular weight excluding hydrogens is 406 g/mol. The van der Waals surface area contributed by atoms with Crippen LogP contribution in [-0.4, -0.2) is 16.6 Å². The van der Waals surface area contributed by atoms with Crippen LogP contribution in [0.2, 0.25) is 5.02 Å². The fraction of sp³-hybridized carbons (Fsp3) is 0.0741. The maximum atomic E-state index is 13.6. The Kier molecular flexibility index (Phi) is 4.91. The highest BCUT2D eigenvalue weighted by atomic mass is 35.5. The van der Waals surface area contributed by atoms with E-state index in [-0.39, 0.29) is 11.8 Å². The van der Waals surface area contributed by atoms with Crippen molar-refractivity contribution >= 4 is 35.1 Å². The van der Waals surface area contributed by atoms with E-state index in [0.29, 0.717) is 28.2 Å². The van der Waals surface area contributed by atoms with Crippen molar-refractivity contribution in [2.45, 2.75) is 12.5 Å². The number of hydrogen-bond acceptors (Lipinski definition) is 3. The Morgan fingerprint density at radius 3 is 2.39 bits per heavy atom. The van der Waals surface area contributed by atoms with Gasteiger partial charge in [-0.2, -0.15) is 0 Å². The highest BCUT2D eigenvalue weighted by molar-refractivity contribution is 6.30. The van der Waals surface area contributed by atoms with Crippen LogP contribution in [0.15, 0.2) is 96.2 Å². The van der Waals surface area contributed by atoms with Crippen molar-refractivity contribution in [1.82, 2.24) is 4.90 Å². The van der Waals surface area contributed by atoms with Crippen LogP contribution in [0.25, 0.3) is 11.8 Å². The molecule has 0 amide bonds. The van der Waals surface area contributed by atoms with E-state index in [9.17, 15) is 9.59 Å². The smallest absolute Gasteiger partial charge is 0.196 e. The minimum Gasteiger partial charge on any atom is -0.339 e. The van der Waals surface area contributed by atoms with Crippen molar-refractivity contribution in [2.75, 3.05) is 0 Å². The molecule has 1 atom stereocenters. The maximum absolute atomic E-state index is 13.6. The summed E-state index contributed by atoms with van der Waals surface area (Å²) in [6, 6.07) is 24.5. The van der Waals surface area contributed by atoms with Gasteiger partial charge in [0.05, 0.1) is 22.9 Å². The third-order valence-electron chi connectivity index (χ3n) is 5.80. The lowest BCUT2D eigenvalue weighted by Crippen LogP contribution is -2.32. The third-order valence-corrected chi connectivity index (χ3v) is 6.05. The zero-order valence-electron chi connectivity index (χ0n) is 16.6. The van der Waals surface area contributed by atoms with Gasteiger partial charge in [0.15, 0.2) is 5.78 Å². The number of benzene rings is 3. The molecule has 150 valence electrons. The van der Waals surface area contributed by atoms with Crippen molar-refractivity contribution in [2.24, 2.45) is 0 Å². The average Bonchev–Trinajstić information content (AvgIpc) is 2.83. The molecule has 3 aromatic rings. The van der Waals surface area contributed by atoms with E-state index in [1.165, 1.54) is 0 Å². The number of rotatable bonds is 3. The zero-order chi connectivity index (χ0) is 21.4. The SMILES string of the molecule is O=C=C1CC(c2ccc(Cl)cc2)N2C=Cc3ccccc3C2=C1C(=O)c1ccccc1. The molecule has 5 rings (SSSR count). The summed E-state index contributed by atoms with van der Waals surface area (Å²) in [5.41, 5.74) is 5.06. The summed E-state index contributed by atoms with van der Waals surface area (Å²) in [6.07, 6.45) is 4.42. The van der Waals surface area contributed by atoms with Crippen LogP contribution in [0.1, 0.15) is 39.5 Å². The molecule has 0 bridgehead atoms. The van der Waals surface area contributed by atoms with E-state index in [1.54, 1.807) is 12.1 Å². The Morgan fingerprint density at radius 1 is 0.935 bits per heavy atom. The van der Waals surface area contributed by atoms with E-state index in [4.69, 9.17) is 11.6 Å². The minimum absolute atomic E-state index is 0.138. The number of fused-ring (bicyclic) bond motifs is 3. The van der Waals surface area contributed by atoms with Crippen LogP contribution in [0.4, 0.5) is 0 Å². The van der Waals surface area contributed by atoms with Crippen molar-refractivity contribution in [3.05, 3.63) is 123 Å². The summed E-state index contributed by atoms with van der Waals surface area (Å²) in [4.78, 5) is 27.8. The molecule has 2 aliphatic rings. The number of hydrogen-bond donors (Lipinski definition) is 0. The molecule has 0 saturated carbocycles. The van der Waals surface area contributed by atoms with Gasteiger partial charge in [0.1, 0.15) is 5.94 Å². The normalized spacial score (nSPS) is 17.1. The molecule has 0 radical (unpaired) electrons. The van der Waals surface area contributed by atoms with E-state index < -0.39 is 0 Å². The number of carbonyl (C=O) groups excluding carboxylic acids is 2. The molecule has 0 aliphatic carbocycles. The number of nitrogens with zero attached hydrogens (tertiary/aromatic N) is 1. The van der Waals surface area contributed by atoms with Crippen LogP contribution in [0.5, 0.6) is 0 Å². The molecule has 0 saturated heterocycles. The van der Waals surface area contributed by atoms with Crippen LogP contribution in [0, 0.1) is 0 Å². The first-order chi connectivity index (χ1) is 15.2. The Hall–Kier alpha value is -3.65. The first kappa shape index (κ1) is 19.3. The molecular formula is C27H18ClNO2. The van der Waals surface area contributed by atoms with E-state index in [2.05, 4.69) is 10.8 Å². The summed E-state index contributed by atoms with van der Waals surface area (Å²) >= 11 is 6.09. The molecule has 31 heavy (non-hydrogen) atoms. The van der Waals surface area contributed by atoms with Gasteiger partial charge in [0, 0.05) is 28.8 Å². The molecule has 1 unspecified atom stereocenters. The van der Waals surface area contributed by atoms with Crippen molar-refractivity contribution < 1.29 is 9.59 Å². The molecule has 2 heterocycles. The Bertz CT molecular complexity index is 1280. The zero-order valence-corrected chi connectivity index (χ0v) is 17.3. The first-order valence-electron chi connectivity index (χ1n) is 10.1. The van der Waals surface area contributed by atoms with Crippen LogP contribution >= 0.6 is 11.6 Å². The summed E-state index contributed by atoms with van der Waals surface area (Å²) < 4.78 is 0. The summed E-state index contributed by atoms with van der Waals surface area (Å²) in [5.74, 6) is 1.92. The van der Waals surface area contributed by atoms with Gasteiger partial charge < -0.3 is 4.90 Å². The van der Waals surface area contributed by atoms with Gasteiger partial charge in [0.25, 0.3) is 0 Å². The van der Waals surface area contributed by atoms with Crippen molar-refractivity contribution in [1.29, 1.82) is 0 Å². The van der Waals surface area contributed by atoms with Gasteiger partial charge in [-0.3, -0.25) is 4.79 Å². The largest absolute Gasteiger partial charge is 0.339 e. The Balaban J connectivity index is 1.76. The summed E-state index contributed by atoms with van der Waals surface area (Å²) in [7, 11) is 0. The maximum Gasteiger partial charge on any atom is 0.196 e. The standard InChI is InChI=1S/C27H18ClNO2/c28-22-12-10-19(11-13-22)24-16-21(17-30)25(27(31)20-7-2-1-3-8-20)26-23-9-5-4-6-18(23)14-15-29(24)26/h1-15,24H,16H2. The molecule has 0 N–H and O–H groups in total. The number of halogens is 1. The van der Waals surface area contributed by atoms with Crippen LogP contribution in [-0.2, 0) is 4.79 Å². The van der Waals surface area contributed by atoms with Gasteiger partial charge in [-0.1, -0.05) is 78.3 Å². The molecule has 0 spiro atoms. The lowest BCUT2D eigenvalue weighted by Gasteiger charge is -2.41. The number of allylic oxidation sites excluding steroid dienone is 1. The highest BCUT2D eigenvalue weighted by Gasteiger charge is 2.37. The second-order valence-corrected chi connectivity index (χ2v) is 8.02. The molecule has 2 aliphatic heterocycles. The minimum atomic E-state index is -0.168. The Labute approximate surface area is 185 Å². The summed E-state index contributed by atoms with van der Waals surface area (Å²) in [5, 5.41) is 0.654. The quantitative estimate of drug-likeness (QED) is 0.376. The first-order valence-corrected chi connectivity index (χ1v) is 10.4. The van der Waals surface area contributed by atoms with Gasteiger partial charge in [0.2, 0.25) is 0 Å². The van der Waals surface area contributed by atoms with Crippen molar-refractivity contribution in [3.8, 4) is 0 Å². The predicted octanol–water partition coefficient (Wildman–Crippen LogP) is 6.12. The second-order valence-electron chi connectivity index (χ2n) is 7.58. The van der Waals surface area contributed by atoms with Gasteiger partial charge in [-0.25, -0.2) is 4.79 Å². The van der Waals surface area contributed by atoms with E-state index in [1.807, 2.05) is 79.0 Å². The number of ketones is 1. The second kappa shape index (κ2) is 7.88. The molecule has 4 heteroatoms. The van der Waals surface area contributed by atoms with Gasteiger partial charge in [-0.15, -0.1) is 0 Å². The molecule has 3 nitrogen and oxygen atoms in total. The molecule has 0 fully saturated rings. The monoisotopic (exact) mass is 423 g/mol. The summed E-state index contributed by atoms with van der Waals surface area (Å²) in [6.45, 7) is 0. The average molecular weight is 424 g/mol. The van der Waals surface area contributed by atoms with E-state index in [0.717, 1.165) is 22.4 Å². The van der Waals surface area contributed by atoms with Crippen LogP contribution < -0.4 is 0 Å². The molecule has 3 aromatic carbocycles. The number of carbonyl (C=O) groups is 1. The predicted molar refractivity (Wildman–Crippen MR) is 123 cm³/mol. The van der Waals surface area contributed by atoms with E-state index >= 15 is 0 Å². The third kappa shape index (κ3) is 3.34. The van der Waals surface area contributed by atoms with Crippen molar-refractivity contribution in [3.63, 3.8) is 0 Å². The molecule has 0 aromatic heterocycles. The van der Waals surface area contributed by atoms with Gasteiger partial charge >= 0.3 is 0 Å². The lowest BCUT2D eigenvalue weighted by molar-refractivity contribution is 0.103. The van der Waals surface area contributed by atoms with Crippen LogP contribution in [0.3, 0.4) is 0 Å².